The first-order valence-corrected chi connectivity index (χ1v) is 6.47. The van der Waals surface area contributed by atoms with Crippen molar-refractivity contribution in [3.05, 3.63) is 52.6 Å². The lowest BCUT2D eigenvalue weighted by molar-refractivity contribution is 0.660. The lowest BCUT2D eigenvalue weighted by Crippen LogP contribution is -2.15. The van der Waals surface area contributed by atoms with Crippen LogP contribution in [0.25, 0.3) is 17.2 Å². The van der Waals surface area contributed by atoms with E-state index in [9.17, 15) is 4.79 Å². The van der Waals surface area contributed by atoms with Crippen LogP contribution in [0, 0.1) is 6.92 Å². The number of nitrogens with one attached hydrogen (secondary N) is 1. The monoisotopic (exact) mass is 269 g/mol. The van der Waals surface area contributed by atoms with Crippen molar-refractivity contribution in [3.63, 3.8) is 0 Å². The number of hydrogen-bond donors (Lipinski definition) is 1. The molecule has 20 heavy (non-hydrogen) atoms. The van der Waals surface area contributed by atoms with Crippen LogP contribution in [0.3, 0.4) is 0 Å². The molecule has 0 saturated heterocycles. The van der Waals surface area contributed by atoms with Gasteiger partial charge in [-0.15, -0.1) is 0 Å². The highest BCUT2D eigenvalue weighted by molar-refractivity contribution is 5.52. The number of aromatic nitrogens is 5. The normalized spacial score (nSPS) is 10.9. The fraction of sp³-hybridized carbons (Fsp3) is 0.214. The van der Waals surface area contributed by atoms with Crippen molar-refractivity contribution in [2.45, 2.75) is 20.4 Å². The largest absolute Gasteiger partial charge is 0.348 e. The standard InChI is InChI=1S/C14H15N5O/c1-3-18-9-8-12(17-18)13-15-16-14(20)19(13)11-6-4-10(2)5-7-11/h4-9H,3H2,1-2H3,(H,16,20). The Kier molecular flexibility index (Phi) is 2.98. The first-order valence-electron chi connectivity index (χ1n) is 6.47. The fourth-order valence-corrected chi connectivity index (χ4v) is 2.06. The van der Waals surface area contributed by atoms with E-state index in [4.69, 9.17) is 0 Å². The molecule has 3 aromatic rings. The highest BCUT2D eigenvalue weighted by Gasteiger charge is 2.14. The fourth-order valence-electron chi connectivity index (χ4n) is 2.06. The molecule has 6 heteroatoms. The van der Waals surface area contributed by atoms with E-state index in [2.05, 4.69) is 15.3 Å². The number of aromatic amines is 1. The molecule has 3 rings (SSSR count). The van der Waals surface area contributed by atoms with Crippen LogP contribution >= 0.6 is 0 Å². The van der Waals surface area contributed by atoms with Crippen LogP contribution in [0.2, 0.25) is 0 Å². The van der Waals surface area contributed by atoms with Crippen molar-refractivity contribution in [1.82, 2.24) is 24.5 Å². The first-order chi connectivity index (χ1) is 9.69. The Labute approximate surface area is 115 Å². The minimum atomic E-state index is -0.269. The third-order valence-electron chi connectivity index (χ3n) is 3.16. The summed E-state index contributed by atoms with van der Waals surface area (Å²) in [5.41, 5.74) is 2.32. The second-order valence-electron chi connectivity index (χ2n) is 4.58. The summed E-state index contributed by atoms with van der Waals surface area (Å²) in [6, 6.07) is 9.56. The van der Waals surface area contributed by atoms with Crippen LogP contribution in [0.1, 0.15) is 12.5 Å². The second kappa shape index (κ2) is 4.80. The average molecular weight is 269 g/mol. The lowest BCUT2D eigenvalue weighted by Gasteiger charge is -2.04. The second-order valence-corrected chi connectivity index (χ2v) is 4.58. The summed E-state index contributed by atoms with van der Waals surface area (Å²) in [7, 11) is 0. The van der Waals surface area contributed by atoms with E-state index in [-0.39, 0.29) is 5.69 Å². The Morgan fingerprint density at radius 3 is 2.60 bits per heavy atom. The molecule has 0 aliphatic heterocycles. The van der Waals surface area contributed by atoms with Crippen molar-refractivity contribution >= 4 is 0 Å². The van der Waals surface area contributed by atoms with E-state index in [0.29, 0.717) is 11.5 Å². The van der Waals surface area contributed by atoms with Gasteiger partial charge in [-0.25, -0.2) is 14.5 Å². The smallest absolute Gasteiger partial charge is 0.272 e. The summed E-state index contributed by atoms with van der Waals surface area (Å²) in [5, 5.41) is 11.0. The summed E-state index contributed by atoms with van der Waals surface area (Å²) >= 11 is 0. The maximum Gasteiger partial charge on any atom is 0.348 e. The Morgan fingerprint density at radius 2 is 1.95 bits per heavy atom. The molecule has 0 aliphatic rings. The van der Waals surface area contributed by atoms with Gasteiger partial charge in [0.1, 0.15) is 5.69 Å². The van der Waals surface area contributed by atoms with Crippen LogP contribution in [-0.4, -0.2) is 24.5 Å². The molecule has 0 aliphatic carbocycles. The molecule has 2 heterocycles. The Bertz CT molecular complexity index is 779. The molecule has 6 nitrogen and oxygen atoms in total. The number of aryl methyl sites for hydroxylation is 2. The molecular formula is C14H15N5O. The minimum absolute atomic E-state index is 0.269. The predicted molar refractivity (Wildman–Crippen MR) is 75.8 cm³/mol. The van der Waals surface area contributed by atoms with Crippen LogP contribution in [-0.2, 0) is 6.54 Å². The van der Waals surface area contributed by atoms with Crippen molar-refractivity contribution in [2.75, 3.05) is 0 Å². The first kappa shape index (κ1) is 12.4. The van der Waals surface area contributed by atoms with Gasteiger partial charge in [0, 0.05) is 12.7 Å². The van der Waals surface area contributed by atoms with Crippen molar-refractivity contribution < 1.29 is 0 Å². The van der Waals surface area contributed by atoms with Gasteiger partial charge >= 0.3 is 5.69 Å². The molecule has 0 radical (unpaired) electrons. The van der Waals surface area contributed by atoms with Gasteiger partial charge in [0.2, 0.25) is 0 Å². The number of H-pyrrole nitrogens is 1. The molecule has 0 fully saturated rings. The van der Waals surface area contributed by atoms with Crippen molar-refractivity contribution in [1.29, 1.82) is 0 Å². The summed E-state index contributed by atoms with van der Waals surface area (Å²) in [4.78, 5) is 12.0. The highest BCUT2D eigenvalue weighted by atomic mass is 16.1. The molecule has 0 amide bonds. The quantitative estimate of drug-likeness (QED) is 0.787. The third-order valence-corrected chi connectivity index (χ3v) is 3.16. The zero-order valence-electron chi connectivity index (χ0n) is 11.4. The SMILES string of the molecule is CCn1ccc(-c2n[nH]c(=O)n2-c2ccc(C)cc2)n1. The molecule has 0 spiro atoms. The molecule has 0 bridgehead atoms. The zero-order valence-corrected chi connectivity index (χ0v) is 11.4. The van der Waals surface area contributed by atoms with Gasteiger partial charge in [-0.2, -0.15) is 10.2 Å². The third kappa shape index (κ3) is 2.05. The molecule has 0 atom stereocenters. The maximum absolute atomic E-state index is 12.0. The van der Waals surface area contributed by atoms with E-state index >= 15 is 0 Å². The van der Waals surface area contributed by atoms with E-state index in [1.54, 1.807) is 4.68 Å². The Hall–Kier alpha value is -2.63. The topological polar surface area (TPSA) is 68.5 Å². The van der Waals surface area contributed by atoms with E-state index in [1.165, 1.54) is 4.57 Å². The van der Waals surface area contributed by atoms with Crippen molar-refractivity contribution in [3.8, 4) is 17.2 Å². The lowest BCUT2D eigenvalue weighted by atomic mass is 10.2. The summed E-state index contributed by atoms with van der Waals surface area (Å²) in [6.45, 7) is 4.79. The molecule has 1 aromatic carbocycles. The highest BCUT2D eigenvalue weighted by Crippen LogP contribution is 2.17. The van der Waals surface area contributed by atoms with Gasteiger partial charge in [0.25, 0.3) is 0 Å². The van der Waals surface area contributed by atoms with Gasteiger partial charge in [0.05, 0.1) is 5.69 Å². The summed E-state index contributed by atoms with van der Waals surface area (Å²) in [6.07, 6.45) is 1.87. The van der Waals surface area contributed by atoms with Crippen LogP contribution < -0.4 is 5.69 Å². The van der Waals surface area contributed by atoms with E-state index < -0.39 is 0 Å². The van der Waals surface area contributed by atoms with Gasteiger partial charge in [0.15, 0.2) is 5.82 Å². The van der Waals surface area contributed by atoms with Gasteiger partial charge < -0.3 is 0 Å². The van der Waals surface area contributed by atoms with Gasteiger partial charge in [-0.3, -0.25) is 4.68 Å². The molecule has 0 saturated carbocycles. The predicted octanol–water partition coefficient (Wildman–Crippen LogP) is 1.75. The number of benzene rings is 1. The average Bonchev–Trinajstić information content (AvgIpc) is 3.06. The number of hydrogen-bond acceptors (Lipinski definition) is 3. The molecule has 2 aromatic heterocycles. The molecule has 1 N–H and O–H groups in total. The molecular weight excluding hydrogens is 254 g/mol. The minimum Gasteiger partial charge on any atom is -0.272 e. The van der Waals surface area contributed by atoms with Crippen LogP contribution in [0.5, 0.6) is 0 Å². The summed E-state index contributed by atoms with van der Waals surface area (Å²) in [5.74, 6) is 0.519. The molecule has 102 valence electrons. The Balaban J connectivity index is 2.14. The van der Waals surface area contributed by atoms with Gasteiger partial charge in [-0.05, 0) is 32.0 Å². The van der Waals surface area contributed by atoms with E-state index in [1.807, 2.05) is 50.4 Å². The Morgan fingerprint density at radius 1 is 1.20 bits per heavy atom. The van der Waals surface area contributed by atoms with Crippen LogP contribution in [0.4, 0.5) is 0 Å². The summed E-state index contributed by atoms with van der Waals surface area (Å²) < 4.78 is 3.33. The van der Waals surface area contributed by atoms with Crippen molar-refractivity contribution in [2.24, 2.45) is 0 Å². The van der Waals surface area contributed by atoms with Crippen LogP contribution in [0.15, 0.2) is 41.3 Å². The molecule has 0 unspecified atom stereocenters. The van der Waals surface area contributed by atoms with Gasteiger partial charge in [-0.1, -0.05) is 17.7 Å². The zero-order chi connectivity index (χ0) is 14.1. The number of nitrogens with zero attached hydrogens (tertiary/aromatic N) is 4. The van der Waals surface area contributed by atoms with E-state index in [0.717, 1.165) is 17.8 Å². The maximum atomic E-state index is 12.0. The number of rotatable bonds is 3.